The van der Waals surface area contributed by atoms with E-state index in [1.807, 2.05) is 0 Å². The van der Waals surface area contributed by atoms with Gasteiger partial charge in [-0.1, -0.05) is 38.1 Å². The van der Waals surface area contributed by atoms with Crippen molar-refractivity contribution < 1.29 is 4.70 Å². The highest BCUT2D eigenvalue weighted by atomic mass is 19.0. The molecule has 19 heavy (non-hydrogen) atoms. The third-order valence-corrected chi connectivity index (χ3v) is 4.33. The number of piperidine rings is 1. The minimum absolute atomic E-state index is 0. The lowest BCUT2D eigenvalue weighted by Crippen LogP contribution is -2.37. The predicted octanol–water partition coefficient (Wildman–Crippen LogP) is 4.55. The molecule has 0 spiro atoms. The fourth-order valence-corrected chi connectivity index (χ4v) is 2.90. The Morgan fingerprint density at radius 3 is 1.89 bits per heavy atom. The molecule has 0 unspecified atom stereocenters. The van der Waals surface area contributed by atoms with Crippen LogP contribution in [0.3, 0.4) is 0 Å². The van der Waals surface area contributed by atoms with Crippen LogP contribution in [0.1, 0.15) is 63.5 Å². The second kappa shape index (κ2) is 7.04. The molecule has 0 radical (unpaired) electrons. The van der Waals surface area contributed by atoms with Crippen LogP contribution in [0.5, 0.6) is 0 Å². The molecule has 2 rings (SSSR count). The molecule has 1 heterocycles. The molecule has 1 aliphatic heterocycles. The Morgan fingerprint density at radius 2 is 1.47 bits per heavy atom. The zero-order chi connectivity index (χ0) is 13.1. The largest absolute Gasteiger partial charge is 0.301 e. The van der Waals surface area contributed by atoms with Crippen molar-refractivity contribution in [2.45, 2.75) is 58.4 Å². The normalized spacial score (nSPS) is 17.8. The Balaban J connectivity index is 0.00000180. The van der Waals surface area contributed by atoms with E-state index in [1.165, 1.54) is 31.5 Å². The molecular weight excluding hydrogens is 237 g/mol. The lowest BCUT2D eigenvalue weighted by atomic mass is 9.88. The van der Waals surface area contributed by atoms with Crippen LogP contribution in [-0.2, 0) is 0 Å². The van der Waals surface area contributed by atoms with Gasteiger partial charge in [-0.2, -0.15) is 0 Å². The maximum absolute atomic E-state index is 2.60. The standard InChI is InChI=1S/C17H27N.FH/c1-13(2)15-5-7-16(8-6-15)17-9-11-18(12-10-17)14(3)4;/h5-8,13-14,17H,9-12H2,1-4H3;1H. The molecule has 0 atom stereocenters. The van der Waals surface area contributed by atoms with Crippen LogP contribution in [0.2, 0.25) is 0 Å². The number of benzene rings is 1. The highest BCUT2D eigenvalue weighted by Crippen LogP contribution is 2.29. The van der Waals surface area contributed by atoms with Crippen molar-refractivity contribution in [2.75, 3.05) is 13.1 Å². The van der Waals surface area contributed by atoms with E-state index in [0.29, 0.717) is 12.0 Å². The second-order valence-electron chi connectivity index (χ2n) is 6.23. The lowest BCUT2D eigenvalue weighted by molar-refractivity contribution is 0.172. The molecular formula is C17H28FN. The van der Waals surface area contributed by atoms with Gasteiger partial charge in [0.2, 0.25) is 0 Å². The van der Waals surface area contributed by atoms with Gasteiger partial charge >= 0.3 is 0 Å². The van der Waals surface area contributed by atoms with E-state index < -0.39 is 0 Å². The van der Waals surface area contributed by atoms with Crippen LogP contribution >= 0.6 is 0 Å². The number of likely N-dealkylation sites (tertiary alicyclic amines) is 1. The van der Waals surface area contributed by atoms with E-state index in [1.54, 1.807) is 5.56 Å². The zero-order valence-corrected chi connectivity index (χ0v) is 12.7. The van der Waals surface area contributed by atoms with Gasteiger partial charge in [-0.05, 0) is 62.7 Å². The molecule has 0 saturated carbocycles. The van der Waals surface area contributed by atoms with E-state index in [4.69, 9.17) is 0 Å². The minimum Gasteiger partial charge on any atom is -0.301 e. The summed E-state index contributed by atoms with van der Waals surface area (Å²) in [5, 5.41) is 0. The second-order valence-corrected chi connectivity index (χ2v) is 6.23. The van der Waals surface area contributed by atoms with Crippen molar-refractivity contribution in [3.8, 4) is 0 Å². The maximum atomic E-state index is 2.60. The van der Waals surface area contributed by atoms with Gasteiger partial charge in [0.15, 0.2) is 0 Å². The highest BCUT2D eigenvalue weighted by molar-refractivity contribution is 5.27. The third-order valence-electron chi connectivity index (χ3n) is 4.33. The average Bonchev–Trinajstić information content (AvgIpc) is 2.39. The molecule has 0 aliphatic carbocycles. The Morgan fingerprint density at radius 1 is 0.947 bits per heavy atom. The van der Waals surface area contributed by atoms with E-state index >= 15 is 0 Å². The summed E-state index contributed by atoms with van der Waals surface area (Å²) in [7, 11) is 0. The van der Waals surface area contributed by atoms with Gasteiger partial charge in [-0.25, -0.2) is 0 Å². The summed E-state index contributed by atoms with van der Waals surface area (Å²) >= 11 is 0. The predicted molar refractivity (Wildman–Crippen MR) is 81.7 cm³/mol. The summed E-state index contributed by atoms with van der Waals surface area (Å²) in [6.07, 6.45) is 2.64. The first-order valence-corrected chi connectivity index (χ1v) is 7.42. The van der Waals surface area contributed by atoms with Crippen LogP contribution in [-0.4, -0.2) is 24.0 Å². The first-order chi connectivity index (χ1) is 8.58. The maximum Gasteiger partial charge on any atom is 0.00385 e. The summed E-state index contributed by atoms with van der Waals surface area (Å²) in [6, 6.07) is 10.0. The summed E-state index contributed by atoms with van der Waals surface area (Å²) in [6.45, 7) is 11.6. The van der Waals surface area contributed by atoms with E-state index in [9.17, 15) is 0 Å². The van der Waals surface area contributed by atoms with Gasteiger partial charge < -0.3 is 4.90 Å². The molecule has 0 aromatic heterocycles. The monoisotopic (exact) mass is 265 g/mol. The number of halogens is 1. The summed E-state index contributed by atoms with van der Waals surface area (Å²) in [4.78, 5) is 2.60. The van der Waals surface area contributed by atoms with E-state index in [2.05, 4.69) is 56.9 Å². The molecule has 0 bridgehead atoms. The van der Waals surface area contributed by atoms with Crippen LogP contribution in [0.25, 0.3) is 0 Å². The van der Waals surface area contributed by atoms with Crippen LogP contribution < -0.4 is 0 Å². The van der Waals surface area contributed by atoms with Crippen LogP contribution in [0.15, 0.2) is 24.3 Å². The first-order valence-electron chi connectivity index (χ1n) is 7.42. The molecule has 1 saturated heterocycles. The number of rotatable bonds is 3. The molecule has 0 N–H and O–H groups in total. The van der Waals surface area contributed by atoms with Crippen molar-refractivity contribution >= 4 is 0 Å². The molecule has 1 aromatic carbocycles. The molecule has 1 aliphatic rings. The van der Waals surface area contributed by atoms with Crippen molar-refractivity contribution in [2.24, 2.45) is 0 Å². The molecule has 1 aromatic rings. The molecule has 1 fully saturated rings. The Bertz CT molecular complexity index is 361. The Labute approximate surface area is 117 Å². The average molecular weight is 265 g/mol. The van der Waals surface area contributed by atoms with Crippen molar-refractivity contribution in [3.05, 3.63) is 35.4 Å². The number of nitrogens with zero attached hydrogens (tertiary/aromatic N) is 1. The highest BCUT2D eigenvalue weighted by Gasteiger charge is 2.21. The number of hydrogen-bond donors (Lipinski definition) is 0. The number of hydrogen-bond acceptors (Lipinski definition) is 1. The Hall–Kier alpha value is -0.890. The third kappa shape index (κ3) is 4.04. The smallest absolute Gasteiger partial charge is 0.00385 e. The van der Waals surface area contributed by atoms with Gasteiger partial charge in [0.1, 0.15) is 0 Å². The molecule has 2 heteroatoms. The van der Waals surface area contributed by atoms with Crippen molar-refractivity contribution in [3.63, 3.8) is 0 Å². The van der Waals surface area contributed by atoms with Crippen molar-refractivity contribution in [1.82, 2.24) is 4.90 Å². The van der Waals surface area contributed by atoms with Gasteiger partial charge in [0.25, 0.3) is 0 Å². The van der Waals surface area contributed by atoms with Gasteiger partial charge in [-0.3, -0.25) is 4.70 Å². The minimum atomic E-state index is 0. The lowest BCUT2D eigenvalue weighted by Gasteiger charge is -2.34. The Kier molecular flexibility index (Phi) is 5.99. The SMILES string of the molecule is CC(C)c1ccc(C2CCN(C(C)C)CC2)cc1.F. The topological polar surface area (TPSA) is 3.24 Å². The molecule has 108 valence electrons. The van der Waals surface area contributed by atoms with Gasteiger partial charge in [0, 0.05) is 6.04 Å². The summed E-state index contributed by atoms with van der Waals surface area (Å²) in [5.74, 6) is 1.42. The first kappa shape index (κ1) is 16.2. The molecule has 1 nitrogen and oxygen atoms in total. The summed E-state index contributed by atoms with van der Waals surface area (Å²) in [5.41, 5.74) is 3.00. The van der Waals surface area contributed by atoms with E-state index in [0.717, 1.165) is 5.92 Å². The fraction of sp³-hybridized carbons (Fsp3) is 0.647. The van der Waals surface area contributed by atoms with Crippen LogP contribution in [0, 0.1) is 0 Å². The quantitative estimate of drug-likeness (QED) is 0.775. The fourth-order valence-electron chi connectivity index (χ4n) is 2.90. The van der Waals surface area contributed by atoms with Gasteiger partial charge in [0.05, 0.1) is 0 Å². The molecule has 0 amide bonds. The van der Waals surface area contributed by atoms with E-state index in [-0.39, 0.29) is 4.70 Å². The van der Waals surface area contributed by atoms with Gasteiger partial charge in [-0.15, -0.1) is 0 Å². The summed E-state index contributed by atoms with van der Waals surface area (Å²) < 4.78 is 0. The van der Waals surface area contributed by atoms with Crippen LogP contribution in [0.4, 0.5) is 4.70 Å². The van der Waals surface area contributed by atoms with Crippen molar-refractivity contribution in [1.29, 1.82) is 0 Å². The zero-order valence-electron chi connectivity index (χ0n) is 12.7.